The van der Waals surface area contributed by atoms with Crippen LogP contribution in [0.25, 0.3) is 10.9 Å². The molecule has 2 aliphatic rings. The molecule has 1 N–H and O–H groups in total. The highest BCUT2D eigenvalue weighted by molar-refractivity contribution is 5.83. The first-order valence-electron chi connectivity index (χ1n) is 8.94. The molecule has 0 spiro atoms. The van der Waals surface area contributed by atoms with Crippen molar-refractivity contribution in [3.8, 4) is 5.75 Å². The summed E-state index contributed by atoms with van der Waals surface area (Å²) in [6, 6.07) is 9.54. The number of nitrogens with one attached hydrogen (secondary N) is 1. The normalized spacial score (nSPS) is 20.1. The summed E-state index contributed by atoms with van der Waals surface area (Å²) >= 11 is 0. The van der Waals surface area contributed by atoms with Crippen LogP contribution in [-0.2, 0) is 13.1 Å². The molecule has 2 aromatic rings. The number of aromatic nitrogens is 1. The zero-order valence-electron chi connectivity index (χ0n) is 14.2. The van der Waals surface area contributed by atoms with Crippen molar-refractivity contribution in [1.82, 2.24) is 14.8 Å². The SMILES string of the molecule is CC(C)N1CCC(Oc2ccc3c(c2)cc2n3CCNC2)CC1. The Hall–Kier alpha value is -1.52. The van der Waals surface area contributed by atoms with Gasteiger partial charge in [-0.25, -0.2) is 0 Å². The number of likely N-dealkylation sites (tertiary alicyclic amines) is 1. The molecule has 4 nitrogen and oxygen atoms in total. The predicted octanol–water partition coefficient (Wildman–Crippen LogP) is 3.00. The number of hydrogen-bond donors (Lipinski definition) is 1. The predicted molar refractivity (Wildman–Crippen MR) is 94.0 cm³/mol. The topological polar surface area (TPSA) is 29.4 Å². The molecule has 0 amide bonds. The lowest BCUT2D eigenvalue weighted by molar-refractivity contribution is 0.0844. The fourth-order valence-corrected chi connectivity index (χ4v) is 3.90. The van der Waals surface area contributed by atoms with E-state index in [1.54, 1.807) is 0 Å². The molecule has 1 fully saturated rings. The van der Waals surface area contributed by atoms with Crippen LogP contribution in [0.4, 0.5) is 0 Å². The van der Waals surface area contributed by atoms with Crippen molar-refractivity contribution in [3.05, 3.63) is 30.0 Å². The van der Waals surface area contributed by atoms with E-state index >= 15 is 0 Å². The molecule has 4 heteroatoms. The molecule has 124 valence electrons. The van der Waals surface area contributed by atoms with Gasteiger partial charge < -0.3 is 19.5 Å². The minimum atomic E-state index is 0.362. The van der Waals surface area contributed by atoms with Crippen LogP contribution in [0.3, 0.4) is 0 Å². The molecule has 1 saturated heterocycles. The van der Waals surface area contributed by atoms with E-state index in [2.05, 4.69) is 52.9 Å². The maximum Gasteiger partial charge on any atom is 0.120 e. The molecule has 0 atom stereocenters. The minimum Gasteiger partial charge on any atom is -0.490 e. The molecule has 2 aliphatic heterocycles. The molecule has 23 heavy (non-hydrogen) atoms. The molecule has 4 rings (SSSR count). The first-order valence-corrected chi connectivity index (χ1v) is 8.94. The third-order valence-electron chi connectivity index (χ3n) is 5.29. The van der Waals surface area contributed by atoms with Gasteiger partial charge in [0.15, 0.2) is 0 Å². The molecule has 0 bridgehead atoms. The monoisotopic (exact) mass is 313 g/mol. The first-order chi connectivity index (χ1) is 11.2. The summed E-state index contributed by atoms with van der Waals surface area (Å²) in [5, 5.41) is 4.74. The summed E-state index contributed by atoms with van der Waals surface area (Å²) < 4.78 is 8.70. The van der Waals surface area contributed by atoms with Crippen molar-refractivity contribution in [2.45, 2.75) is 51.9 Å². The summed E-state index contributed by atoms with van der Waals surface area (Å²) in [5.74, 6) is 1.02. The fraction of sp³-hybridized carbons (Fsp3) is 0.579. The molecule has 1 aromatic carbocycles. The van der Waals surface area contributed by atoms with Crippen LogP contribution in [0.2, 0.25) is 0 Å². The number of ether oxygens (including phenoxy) is 1. The van der Waals surface area contributed by atoms with Crippen molar-refractivity contribution in [1.29, 1.82) is 0 Å². The Kier molecular flexibility index (Phi) is 4.04. The van der Waals surface area contributed by atoms with Crippen LogP contribution in [0, 0.1) is 0 Å². The Morgan fingerprint density at radius 3 is 2.74 bits per heavy atom. The summed E-state index contributed by atoms with van der Waals surface area (Å²) in [6.07, 6.45) is 2.63. The van der Waals surface area contributed by atoms with Gasteiger partial charge in [0.25, 0.3) is 0 Å². The Balaban J connectivity index is 1.47. The van der Waals surface area contributed by atoms with Gasteiger partial charge in [-0.05, 0) is 51.0 Å². The first kappa shape index (κ1) is 15.0. The Bertz CT molecular complexity index is 683. The largest absolute Gasteiger partial charge is 0.490 e. The average Bonchev–Trinajstić information content (AvgIpc) is 2.93. The number of hydrogen-bond acceptors (Lipinski definition) is 3. The molecule has 0 aliphatic carbocycles. The lowest BCUT2D eigenvalue weighted by atomic mass is 10.1. The molecule has 0 radical (unpaired) electrons. The highest BCUT2D eigenvalue weighted by Gasteiger charge is 2.22. The maximum absolute atomic E-state index is 6.27. The lowest BCUT2D eigenvalue weighted by Crippen LogP contribution is -2.41. The van der Waals surface area contributed by atoms with Gasteiger partial charge in [-0.2, -0.15) is 0 Å². The summed E-state index contributed by atoms with van der Waals surface area (Å²) in [5.41, 5.74) is 2.72. The second kappa shape index (κ2) is 6.17. The van der Waals surface area contributed by atoms with Crippen LogP contribution in [0.5, 0.6) is 5.75 Å². The van der Waals surface area contributed by atoms with E-state index in [4.69, 9.17) is 4.74 Å². The summed E-state index contributed by atoms with van der Waals surface area (Å²) in [7, 11) is 0. The van der Waals surface area contributed by atoms with Gasteiger partial charge in [-0.15, -0.1) is 0 Å². The molecule has 0 unspecified atom stereocenters. The Morgan fingerprint density at radius 2 is 1.96 bits per heavy atom. The van der Waals surface area contributed by atoms with E-state index < -0.39 is 0 Å². The van der Waals surface area contributed by atoms with Gasteiger partial charge in [-0.3, -0.25) is 0 Å². The maximum atomic E-state index is 6.27. The standard InChI is InChI=1S/C19H27N3O/c1-14(2)21-8-5-17(6-9-21)23-18-3-4-19-15(12-18)11-16-13-20-7-10-22(16)19/h3-4,11-12,14,17,20H,5-10,13H2,1-2H3. The minimum absolute atomic E-state index is 0.362. The van der Waals surface area contributed by atoms with Gasteiger partial charge in [0, 0.05) is 55.4 Å². The van der Waals surface area contributed by atoms with Crippen molar-refractivity contribution in [2.75, 3.05) is 19.6 Å². The van der Waals surface area contributed by atoms with Gasteiger partial charge in [0.05, 0.1) is 0 Å². The number of piperidine rings is 1. The molecule has 0 saturated carbocycles. The van der Waals surface area contributed by atoms with Crippen molar-refractivity contribution in [2.24, 2.45) is 0 Å². The molecular weight excluding hydrogens is 286 g/mol. The zero-order valence-corrected chi connectivity index (χ0v) is 14.2. The van der Waals surface area contributed by atoms with Crippen LogP contribution in [-0.4, -0.2) is 41.2 Å². The number of nitrogens with zero attached hydrogens (tertiary/aromatic N) is 2. The third kappa shape index (κ3) is 2.98. The van der Waals surface area contributed by atoms with Gasteiger partial charge >= 0.3 is 0 Å². The van der Waals surface area contributed by atoms with E-state index in [0.29, 0.717) is 12.1 Å². The molecule has 3 heterocycles. The summed E-state index contributed by atoms with van der Waals surface area (Å²) in [4.78, 5) is 2.54. The summed E-state index contributed by atoms with van der Waals surface area (Å²) in [6.45, 7) is 9.94. The number of benzene rings is 1. The third-order valence-corrected chi connectivity index (χ3v) is 5.29. The van der Waals surface area contributed by atoms with Crippen LogP contribution >= 0.6 is 0 Å². The number of fused-ring (bicyclic) bond motifs is 3. The van der Waals surface area contributed by atoms with Crippen molar-refractivity contribution < 1.29 is 4.74 Å². The van der Waals surface area contributed by atoms with Gasteiger partial charge in [-0.1, -0.05) is 0 Å². The second-order valence-corrected chi connectivity index (χ2v) is 7.13. The fourth-order valence-electron chi connectivity index (χ4n) is 3.90. The second-order valence-electron chi connectivity index (χ2n) is 7.13. The lowest BCUT2D eigenvalue weighted by Gasteiger charge is -2.34. The van der Waals surface area contributed by atoms with Crippen molar-refractivity contribution >= 4 is 10.9 Å². The van der Waals surface area contributed by atoms with E-state index in [-0.39, 0.29) is 0 Å². The zero-order chi connectivity index (χ0) is 15.8. The van der Waals surface area contributed by atoms with Crippen molar-refractivity contribution in [3.63, 3.8) is 0 Å². The highest BCUT2D eigenvalue weighted by atomic mass is 16.5. The Labute approximate surface area is 138 Å². The smallest absolute Gasteiger partial charge is 0.120 e. The Morgan fingerprint density at radius 1 is 1.13 bits per heavy atom. The molecule has 1 aromatic heterocycles. The van der Waals surface area contributed by atoms with Gasteiger partial charge in [0.2, 0.25) is 0 Å². The highest BCUT2D eigenvalue weighted by Crippen LogP contribution is 2.27. The quantitative estimate of drug-likeness (QED) is 0.944. The molecular formula is C19H27N3O. The van der Waals surface area contributed by atoms with E-state index in [9.17, 15) is 0 Å². The van der Waals surface area contributed by atoms with E-state index in [1.165, 1.54) is 16.6 Å². The van der Waals surface area contributed by atoms with Crippen LogP contribution < -0.4 is 10.1 Å². The van der Waals surface area contributed by atoms with E-state index in [0.717, 1.165) is 51.3 Å². The van der Waals surface area contributed by atoms with Crippen LogP contribution in [0.1, 0.15) is 32.4 Å². The van der Waals surface area contributed by atoms with Gasteiger partial charge in [0.1, 0.15) is 11.9 Å². The van der Waals surface area contributed by atoms with Crippen LogP contribution in [0.15, 0.2) is 24.3 Å². The average molecular weight is 313 g/mol. The van der Waals surface area contributed by atoms with E-state index in [1.807, 2.05) is 0 Å². The number of rotatable bonds is 3.